The van der Waals surface area contributed by atoms with Gasteiger partial charge in [-0.05, 0) is 50.1 Å². The number of hydrogen-bond donors (Lipinski definition) is 2. The van der Waals surface area contributed by atoms with Gasteiger partial charge in [-0.15, -0.1) is 11.8 Å². The largest absolute Gasteiger partial charge is 0.412 e. The number of halogens is 3. The number of thioether (sulfide) groups is 1. The number of alkyl halides is 3. The molecule has 2 heterocycles. The predicted octanol–water partition coefficient (Wildman–Crippen LogP) is 5.69. The smallest absolute Gasteiger partial charge is 0.325 e. The normalized spacial score (nSPS) is 12.4. The van der Waals surface area contributed by atoms with Crippen molar-refractivity contribution < 1.29 is 18.0 Å². The van der Waals surface area contributed by atoms with E-state index in [-0.39, 0.29) is 17.5 Å². The lowest BCUT2D eigenvalue weighted by Crippen LogP contribution is -2.13. The fraction of sp³-hybridized carbons (Fsp3) is 0.238. The minimum Gasteiger partial charge on any atom is -0.325 e. The summed E-state index contributed by atoms with van der Waals surface area (Å²) in [6, 6.07) is 4.82. The Morgan fingerprint density at radius 3 is 2.71 bits per heavy atom. The van der Waals surface area contributed by atoms with Crippen molar-refractivity contribution in [1.29, 1.82) is 0 Å². The molecular formula is C21H22F3N5OS. The van der Waals surface area contributed by atoms with Crippen LogP contribution in [0.5, 0.6) is 0 Å². The molecule has 2 aromatic rings. The van der Waals surface area contributed by atoms with Gasteiger partial charge < -0.3 is 10.6 Å². The molecule has 164 valence electrons. The van der Waals surface area contributed by atoms with Crippen molar-refractivity contribution in [3.05, 3.63) is 65.9 Å². The number of anilines is 2. The number of allylic oxidation sites excluding steroid dienone is 3. The maximum absolute atomic E-state index is 12.7. The second kappa shape index (κ2) is 11.3. The van der Waals surface area contributed by atoms with Crippen molar-refractivity contribution in [2.75, 3.05) is 16.4 Å². The number of carbonyl (C=O) groups excluding carboxylic acids is 1. The van der Waals surface area contributed by atoms with Gasteiger partial charge in [-0.25, -0.2) is 9.98 Å². The Labute approximate surface area is 182 Å². The highest BCUT2D eigenvalue weighted by molar-refractivity contribution is 7.99. The van der Waals surface area contributed by atoms with Crippen LogP contribution in [0.25, 0.3) is 0 Å². The molecule has 0 fully saturated rings. The van der Waals surface area contributed by atoms with Gasteiger partial charge in [0, 0.05) is 28.4 Å². The Morgan fingerprint density at radius 2 is 2.03 bits per heavy atom. The zero-order valence-electron chi connectivity index (χ0n) is 17.0. The average Bonchev–Trinajstić information content (AvgIpc) is 2.75. The van der Waals surface area contributed by atoms with Crippen LogP contribution in [-0.2, 0) is 0 Å². The van der Waals surface area contributed by atoms with E-state index < -0.39 is 11.7 Å². The van der Waals surface area contributed by atoms with E-state index >= 15 is 0 Å². The van der Waals surface area contributed by atoms with Crippen molar-refractivity contribution in [2.45, 2.75) is 31.3 Å². The lowest BCUT2D eigenvalue weighted by molar-refractivity contribution is -0.0913. The Hall–Kier alpha value is -3.14. The fourth-order valence-electron chi connectivity index (χ4n) is 2.21. The van der Waals surface area contributed by atoms with Gasteiger partial charge in [0.1, 0.15) is 11.6 Å². The zero-order chi connectivity index (χ0) is 22.9. The molecule has 2 rings (SSSR count). The monoisotopic (exact) mass is 449 g/mol. The van der Waals surface area contributed by atoms with Crippen LogP contribution in [-0.4, -0.2) is 34.5 Å². The number of nitrogens with one attached hydrogen (secondary N) is 2. The summed E-state index contributed by atoms with van der Waals surface area (Å²) >= 11 is 1.62. The van der Waals surface area contributed by atoms with Gasteiger partial charge in [-0.1, -0.05) is 13.0 Å². The highest BCUT2D eigenvalue weighted by atomic mass is 32.2. The van der Waals surface area contributed by atoms with E-state index in [0.29, 0.717) is 11.3 Å². The van der Waals surface area contributed by atoms with Crippen LogP contribution in [0.3, 0.4) is 0 Å². The number of nitrogens with zero attached hydrogens (tertiary/aromatic N) is 3. The van der Waals surface area contributed by atoms with Crippen LogP contribution in [0.4, 0.5) is 24.7 Å². The number of hydrogen-bond acceptors (Lipinski definition) is 6. The molecular weight excluding hydrogens is 427 g/mol. The SMILES string of the molecule is C=N/C(=C\C=C(/C)C(F)(F)F)Nc1cc(C(=O)Nc2cnccc2SCCC)ccn1. The molecule has 0 radical (unpaired) electrons. The molecule has 31 heavy (non-hydrogen) atoms. The first-order valence-electron chi connectivity index (χ1n) is 9.28. The molecule has 1 amide bonds. The highest BCUT2D eigenvalue weighted by Gasteiger charge is 2.29. The van der Waals surface area contributed by atoms with Crippen molar-refractivity contribution in [3.63, 3.8) is 0 Å². The number of carbonyl (C=O) groups is 1. The van der Waals surface area contributed by atoms with E-state index in [1.807, 2.05) is 6.07 Å². The van der Waals surface area contributed by atoms with Gasteiger partial charge in [0.05, 0.1) is 11.9 Å². The standard InChI is InChI=1S/C21H22F3N5OS/c1-4-11-31-17-8-9-26-13-16(17)28-20(30)15-7-10-27-19(12-15)29-18(25-3)6-5-14(2)21(22,23)24/h5-10,12-13H,3-4,11H2,1-2H3,(H,27,29)(H,28,30)/b14-5+,18-6+. The van der Waals surface area contributed by atoms with Crippen LogP contribution in [0.2, 0.25) is 0 Å². The Morgan fingerprint density at radius 1 is 1.26 bits per heavy atom. The summed E-state index contributed by atoms with van der Waals surface area (Å²) in [7, 11) is 0. The van der Waals surface area contributed by atoms with E-state index in [4.69, 9.17) is 0 Å². The van der Waals surface area contributed by atoms with E-state index in [1.54, 1.807) is 24.2 Å². The maximum atomic E-state index is 12.7. The number of aliphatic imine (C=N–C) groups is 1. The maximum Gasteiger partial charge on any atom is 0.412 e. The molecule has 0 unspecified atom stereocenters. The summed E-state index contributed by atoms with van der Waals surface area (Å²) in [4.78, 5) is 25.4. The first-order valence-corrected chi connectivity index (χ1v) is 10.3. The van der Waals surface area contributed by atoms with Crippen molar-refractivity contribution >= 4 is 35.9 Å². The van der Waals surface area contributed by atoms with Gasteiger partial charge in [0.25, 0.3) is 5.91 Å². The molecule has 0 aliphatic rings. The molecule has 0 aliphatic carbocycles. The first-order chi connectivity index (χ1) is 14.7. The summed E-state index contributed by atoms with van der Waals surface area (Å²) in [5.74, 6) is 0.819. The van der Waals surface area contributed by atoms with Gasteiger partial charge in [0.15, 0.2) is 0 Å². The molecule has 10 heteroatoms. The summed E-state index contributed by atoms with van der Waals surface area (Å²) in [6.45, 7) is 6.36. The van der Waals surface area contributed by atoms with Gasteiger partial charge >= 0.3 is 6.18 Å². The fourth-order valence-corrected chi connectivity index (χ4v) is 3.05. The molecule has 0 aromatic carbocycles. The van der Waals surface area contributed by atoms with Crippen molar-refractivity contribution in [1.82, 2.24) is 9.97 Å². The second-order valence-corrected chi connectivity index (χ2v) is 7.42. The van der Waals surface area contributed by atoms with Crippen molar-refractivity contribution in [3.8, 4) is 0 Å². The van der Waals surface area contributed by atoms with E-state index in [1.165, 1.54) is 18.3 Å². The summed E-state index contributed by atoms with van der Waals surface area (Å²) < 4.78 is 37.9. The predicted molar refractivity (Wildman–Crippen MR) is 119 cm³/mol. The molecule has 0 atom stereocenters. The van der Waals surface area contributed by atoms with Gasteiger partial charge in [-0.3, -0.25) is 9.78 Å². The molecule has 0 saturated carbocycles. The average molecular weight is 450 g/mol. The molecule has 0 aliphatic heterocycles. The first kappa shape index (κ1) is 24.1. The van der Waals surface area contributed by atoms with Crippen LogP contribution in [0.15, 0.2) is 70.2 Å². The Bertz CT molecular complexity index is 989. The lowest BCUT2D eigenvalue weighted by atomic mass is 10.2. The van der Waals surface area contributed by atoms with Gasteiger partial charge in [0.2, 0.25) is 0 Å². The minimum absolute atomic E-state index is 0.0548. The third kappa shape index (κ3) is 7.56. The molecule has 6 nitrogen and oxygen atoms in total. The number of aromatic nitrogens is 2. The zero-order valence-corrected chi connectivity index (χ0v) is 17.8. The van der Waals surface area contributed by atoms with Crippen LogP contribution in [0, 0.1) is 0 Å². The Kier molecular flexibility index (Phi) is 8.80. The molecule has 2 aromatic heterocycles. The van der Waals surface area contributed by atoms with E-state index in [0.717, 1.165) is 36.1 Å². The minimum atomic E-state index is -4.43. The number of rotatable bonds is 9. The van der Waals surface area contributed by atoms with E-state index in [9.17, 15) is 18.0 Å². The summed E-state index contributed by atoms with van der Waals surface area (Å²) in [5.41, 5.74) is 0.112. The molecule has 0 saturated heterocycles. The highest BCUT2D eigenvalue weighted by Crippen LogP contribution is 2.27. The summed E-state index contributed by atoms with van der Waals surface area (Å²) in [5, 5.41) is 5.57. The van der Waals surface area contributed by atoms with E-state index in [2.05, 4.69) is 39.2 Å². The summed E-state index contributed by atoms with van der Waals surface area (Å²) in [6.07, 6.45) is 3.22. The quantitative estimate of drug-likeness (QED) is 0.292. The van der Waals surface area contributed by atoms with Crippen molar-refractivity contribution in [2.24, 2.45) is 4.99 Å². The third-order valence-electron chi connectivity index (χ3n) is 3.88. The number of amides is 1. The van der Waals surface area contributed by atoms with Crippen LogP contribution >= 0.6 is 11.8 Å². The van der Waals surface area contributed by atoms with Gasteiger partial charge in [-0.2, -0.15) is 13.2 Å². The molecule has 2 N–H and O–H groups in total. The molecule has 0 spiro atoms. The molecule has 0 bridgehead atoms. The van der Waals surface area contributed by atoms with Crippen LogP contribution < -0.4 is 10.6 Å². The topological polar surface area (TPSA) is 79.3 Å². The third-order valence-corrected chi connectivity index (χ3v) is 5.16. The lowest BCUT2D eigenvalue weighted by Gasteiger charge is -2.11. The van der Waals surface area contributed by atoms with Crippen LogP contribution in [0.1, 0.15) is 30.6 Å². The second-order valence-electron chi connectivity index (χ2n) is 6.29. The number of pyridine rings is 2. The Balaban J connectivity index is 2.16.